The van der Waals surface area contributed by atoms with Gasteiger partial charge in [0, 0.05) is 31.9 Å². The van der Waals surface area contributed by atoms with Crippen molar-refractivity contribution < 1.29 is 29.0 Å². The first-order chi connectivity index (χ1) is 16.7. The number of nitrogens with one attached hydrogen (secondary N) is 1. The van der Waals surface area contributed by atoms with Crippen LogP contribution in [0, 0.1) is 5.41 Å². The fourth-order valence-electron chi connectivity index (χ4n) is 4.14. The minimum Gasteiger partial charge on any atom is -0.488 e. The van der Waals surface area contributed by atoms with Gasteiger partial charge in [0.25, 0.3) is 0 Å². The predicted octanol–water partition coefficient (Wildman–Crippen LogP) is 3.46. The van der Waals surface area contributed by atoms with Gasteiger partial charge < -0.3 is 29.4 Å². The molecule has 3 rings (SSSR count). The fourth-order valence-corrected chi connectivity index (χ4v) is 4.14. The molecule has 10 nitrogen and oxygen atoms in total. The van der Waals surface area contributed by atoms with Crippen LogP contribution in [0.25, 0.3) is 11.4 Å². The van der Waals surface area contributed by atoms with Gasteiger partial charge >= 0.3 is 12.1 Å². The highest BCUT2D eigenvalue weighted by molar-refractivity contribution is 5.90. The molecule has 196 valence electrons. The molecule has 0 radical (unpaired) electrons. The van der Waals surface area contributed by atoms with Crippen LogP contribution in [0.4, 0.5) is 4.79 Å². The van der Waals surface area contributed by atoms with E-state index in [9.17, 15) is 19.5 Å². The molecule has 0 bridgehead atoms. The maximum absolute atomic E-state index is 13.6. The van der Waals surface area contributed by atoms with E-state index < -0.39 is 47.2 Å². The van der Waals surface area contributed by atoms with E-state index in [0.717, 1.165) is 11.4 Å². The first-order valence-corrected chi connectivity index (χ1v) is 11.9. The van der Waals surface area contributed by atoms with Crippen molar-refractivity contribution in [2.45, 2.75) is 71.8 Å². The summed E-state index contributed by atoms with van der Waals surface area (Å²) in [6.07, 6.45) is 2.39. The van der Waals surface area contributed by atoms with E-state index in [1.807, 2.05) is 29.9 Å². The summed E-state index contributed by atoms with van der Waals surface area (Å²) in [6, 6.07) is 5.28. The Morgan fingerprint density at radius 3 is 2.42 bits per heavy atom. The molecular formula is C26H36N4O6. The van der Waals surface area contributed by atoms with Gasteiger partial charge in [0.1, 0.15) is 29.5 Å². The third-order valence-electron chi connectivity index (χ3n) is 5.85. The molecule has 0 saturated carbocycles. The maximum Gasteiger partial charge on any atom is 0.408 e. The number of carbonyl (C=O) groups excluding carboxylic acids is 2. The highest BCUT2D eigenvalue weighted by Gasteiger charge is 2.46. The summed E-state index contributed by atoms with van der Waals surface area (Å²) in [7, 11) is 1.92. The number of carbonyl (C=O) groups is 3. The molecule has 0 aliphatic carbocycles. The average molecular weight is 501 g/mol. The van der Waals surface area contributed by atoms with Crippen LogP contribution in [0.1, 0.15) is 48.0 Å². The van der Waals surface area contributed by atoms with Crippen LogP contribution in [0.3, 0.4) is 0 Å². The summed E-state index contributed by atoms with van der Waals surface area (Å²) < 4.78 is 13.4. The van der Waals surface area contributed by atoms with Gasteiger partial charge in [0.2, 0.25) is 5.91 Å². The Kier molecular flexibility index (Phi) is 7.66. The summed E-state index contributed by atoms with van der Waals surface area (Å²) in [5.41, 5.74) is 0.197. The van der Waals surface area contributed by atoms with Crippen LogP contribution in [0.15, 0.2) is 36.7 Å². The SMILES string of the molecule is Cn1cccc1-c1cc(OC2CC(C(=O)O)N(C(=O)C(NC(=O)OC(C)(C)C)C(C)(C)C)C2)ccn1. The second kappa shape index (κ2) is 10.2. The van der Waals surface area contributed by atoms with Crippen molar-refractivity contribution in [3.05, 3.63) is 36.7 Å². The van der Waals surface area contributed by atoms with E-state index in [0.29, 0.717) is 5.75 Å². The Hall–Kier alpha value is -3.56. The van der Waals surface area contributed by atoms with Crippen molar-refractivity contribution in [2.75, 3.05) is 6.54 Å². The number of pyridine rings is 1. The number of rotatable bonds is 6. The lowest BCUT2D eigenvalue weighted by atomic mass is 9.85. The molecular weight excluding hydrogens is 464 g/mol. The molecule has 1 aliphatic heterocycles. The monoisotopic (exact) mass is 500 g/mol. The number of amides is 2. The van der Waals surface area contributed by atoms with Crippen LogP contribution >= 0.6 is 0 Å². The first-order valence-electron chi connectivity index (χ1n) is 11.9. The third kappa shape index (κ3) is 6.56. The van der Waals surface area contributed by atoms with Crippen molar-refractivity contribution in [3.63, 3.8) is 0 Å². The topological polar surface area (TPSA) is 123 Å². The van der Waals surface area contributed by atoms with Gasteiger partial charge in [-0.1, -0.05) is 20.8 Å². The van der Waals surface area contributed by atoms with Gasteiger partial charge in [0.15, 0.2) is 0 Å². The second-order valence-corrected chi connectivity index (χ2v) is 11.1. The molecule has 2 N–H and O–H groups in total. The Labute approximate surface area is 211 Å². The zero-order valence-electron chi connectivity index (χ0n) is 21.9. The Balaban J connectivity index is 1.78. The van der Waals surface area contributed by atoms with Gasteiger partial charge in [0.05, 0.1) is 17.9 Å². The van der Waals surface area contributed by atoms with Gasteiger partial charge in [-0.3, -0.25) is 9.78 Å². The molecule has 3 atom stereocenters. The number of carboxylic acid groups (broad SMARTS) is 1. The van der Waals surface area contributed by atoms with Crippen LogP contribution < -0.4 is 10.1 Å². The lowest BCUT2D eigenvalue weighted by molar-refractivity contribution is -0.150. The molecule has 1 fully saturated rings. The number of nitrogens with zero attached hydrogens (tertiary/aromatic N) is 3. The smallest absolute Gasteiger partial charge is 0.408 e. The standard InChI is InChI=1S/C26H36N4O6/c1-25(2,3)21(28-24(34)36-26(4,5)6)22(31)30-15-17(14-20(30)23(32)33)35-16-10-11-27-18(13-16)19-9-8-12-29(19)7/h8-13,17,20-21H,14-15H2,1-7H3,(H,28,34)(H,32,33). The minimum atomic E-state index is -1.13. The number of hydrogen-bond acceptors (Lipinski definition) is 6. The van der Waals surface area contributed by atoms with Crippen molar-refractivity contribution in [1.29, 1.82) is 0 Å². The lowest BCUT2D eigenvalue weighted by Gasteiger charge is -2.35. The number of ether oxygens (including phenoxy) is 2. The highest BCUT2D eigenvalue weighted by atomic mass is 16.6. The molecule has 3 unspecified atom stereocenters. The number of aromatic nitrogens is 2. The van der Waals surface area contributed by atoms with E-state index >= 15 is 0 Å². The fraction of sp³-hybridized carbons (Fsp3) is 0.538. The number of hydrogen-bond donors (Lipinski definition) is 2. The van der Waals surface area contributed by atoms with Gasteiger partial charge in [-0.05, 0) is 44.4 Å². The van der Waals surface area contributed by atoms with Crippen molar-refractivity contribution in [3.8, 4) is 17.1 Å². The van der Waals surface area contributed by atoms with Crippen molar-refractivity contribution in [2.24, 2.45) is 12.5 Å². The van der Waals surface area contributed by atoms with Gasteiger partial charge in [-0.2, -0.15) is 0 Å². The largest absolute Gasteiger partial charge is 0.488 e. The maximum atomic E-state index is 13.6. The van der Waals surface area contributed by atoms with Crippen LogP contribution in [-0.4, -0.2) is 67.9 Å². The van der Waals surface area contributed by atoms with E-state index in [-0.39, 0.29) is 13.0 Å². The zero-order valence-corrected chi connectivity index (χ0v) is 21.9. The zero-order chi connectivity index (χ0) is 26.8. The molecule has 2 amide bonds. The minimum absolute atomic E-state index is 0.0696. The molecule has 10 heteroatoms. The van der Waals surface area contributed by atoms with Crippen LogP contribution in [0.2, 0.25) is 0 Å². The van der Waals surface area contributed by atoms with Crippen molar-refractivity contribution >= 4 is 18.0 Å². The molecule has 2 aromatic heterocycles. The summed E-state index contributed by atoms with van der Waals surface area (Å²) in [4.78, 5) is 43.8. The molecule has 36 heavy (non-hydrogen) atoms. The highest BCUT2D eigenvalue weighted by Crippen LogP contribution is 2.29. The molecule has 1 aliphatic rings. The summed E-state index contributed by atoms with van der Waals surface area (Å²) in [5, 5.41) is 12.5. The number of likely N-dealkylation sites (tertiary alicyclic amines) is 1. The average Bonchev–Trinajstić information content (AvgIpc) is 3.36. The number of carboxylic acids is 1. The predicted molar refractivity (Wildman–Crippen MR) is 133 cm³/mol. The first kappa shape index (κ1) is 27.0. The summed E-state index contributed by atoms with van der Waals surface area (Å²) in [6.45, 7) is 10.7. The van der Waals surface area contributed by atoms with E-state index in [2.05, 4.69) is 10.3 Å². The van der Waals surface area contributed by atoms with E-state index in [1.165, 1.54) is 4.90 Å². The molecule has 3 heterocycles. The molecule has 1 saturated heterocycles. The number of aliphatic carboxylic acids is 1. The van der Waals surface area contributed by atoms with Crippen LogP contribution in [-0.2, 0) is 21.4 Å². The van der Waals surface area contributed by atoms with Crippen LogP contribution in [0.5, 0.6) is 5.75 Å². The molecule has 0 spiro atoms. The Bertz CT molecular complexity index is 1110. The van der Waals surface area contributed by atoms with Crippen molar-refractivity contribution in [1.82, 2.24) is 19.8 Å². The van der Waals surface area contributed by atoms with Gasteiger partial charge in [-0.25, -0.2) is 9.59 Å². The third-order valence-corrected chi connectivity index (χ3v) is 5.85. The quantitative estimate of drug-likeness (QED) is 0.623. The Morgan fingerprint density at radius 1 is 1.17 bits per heavy atom. The van der Waals surface area contributed by atoms with E-state index in [1.54, 1.807) is 59.9 Å². The molecule has 2 aromatic rings. The summed E-state index contributed by atoms with van der Waals surface area (Å²) >= 11 is 0. The summed E-state index contributed by atoms with van der Waals surface area (Å²) in [5.74, 6) is -1.09. The lowest BCUT2D eigenvalue weighted by Crippen LogP contribution is -2.57. The normalized spacial score (nSPS) is 19.0. The van der Waals surface area contributed by atoms with E-state index in [4.69, 9.17) is 9.47 Å². The molecule has 0 aromatic carbocycles. The number of aryl methyl sites for hydroxylation is 1. The Morgan fingerprint density at radius 2 is 1.86 bits per heavy atom. The van der Waals surface area contributed by atoms with Gasteiger partial charge in [-0.15, -0.1) is 0 Å². The number of alkyl carbamates (subject to hydrolysis) is 1. The second-order valence-electron chi connectivity index (χ2n) is 11.1.